The number of urea groups is 1. The van der Waals surface area contributed by atoms with E-state index in [0.29, 0.717) is 24.4 Å². The van der Waals surface area contributed by atoms with Crippen molar-refractivity contribution in [3.05, 3.63) is 59.1 Å². The fourth-order valence-corrected chi connectivity index (χ4v) is 5.21. The maximum absolute atomic E-state index is 12.9. The number of likely N-dealkylation sites (tertiary alicyclic amines) is 2. The largest absolute Gasteiger partial charge is 0.492 e. The number of benzene rings is 2. The minimum atomic E-state index is -0.0508. The topological polar surface area (TPSA) is 44.8 Å². The van der Waals surface area contributed by atoms with Gasteiger partial charge in [0.15, 0.2) is 0 Å². The first-order chi connectivity index (χ1) is 14.9. The SMILES string of the molecule is CCOc1ccccc1NC(=O)N1CCC2(CC1)CN(C(C)C)C2c1ccc(Cl)cc1. The van der Waals surface area contributed by atoms with Crippen LogP contribution in [0, 0.1) is 5.41 Å². The maximum Gasteiger partial charge on any atom is 0.321 e. The van der Waals surface area contributed by atoms with Crippen molar-refractivity contribution in [3.8, 4) is 5.75 Å². The molecule has 4 rings (SSSR count). The molecule has 0 bridgehead atoms. The van der Waals surface area contributed by atoms with Gasteiger partial charge in [0.2, 0.25) is 0 Å². The van der Waals surface area contributed by atoms with Gasteiger partial charge in [0, 0.05) is 42.2 Å². The summed E-state index contributed by atoms with van der Waals surface area (Å²) < 4.78 is 5.64. The van der Waals surface area contributed by atoms with Crippen molar-refractivity contribution < 1.29 is 9.53 Å². The summed E-state index contributed by atoms with van der Waals surface area (Å²) in [5.74, 6) is 0.709. The fraction of sp³-hybridized carbons (Fsp3) is 0.480. The molecule has 5 nitrogen and oxygen atoms in total. The van der Waals surface area contributed by atoms with E-state index in [1.54, 1.807) is 0 Å². The van der Waals surface area contributed by atoms with Crippen LogP contribution in [0.3, 0.4) is 0 Å². The maximum atomic E-state index is 12.9. The number of nitrogens with one attached hydrogen (secondary N) is 1. The number of hydrogen-bond acceptors (Lipinski definition) is 3. The van der Waals surface area contributed by atoms with Gasteiger partial charge in [0.1, 0.15) is 5.75 Å². The molecule has 1 spiro atoms. The van der Waals surface area contributed by atoms with E-state index in [1.807, 2.05) is 48.2 Å². The average molecular weight is 442 g/mol. The summed E-state index contributed by atoms with van der Waals surface area (Å²) in [5, 5.41) is 3.81. The Morgan fingerprint density at radius 1 is 1.16 bits per heavy atom. The molecular formula is C25H32ClN3O2. The van der Waals surface area contributed by atoms with Crippen LogP contribution in [0.1, 0.15) is 45.2 Å². The second-order valence-electron chi connectivity index (χ2n) is 8.93. The lowest BCUT2D eigenvalue weighted by atomic mass is 9.62. The molecule has 2 saturated heterocycles. The van der Waals surface area contributed by atoms with Crippen molar-refractivity contribution in [1.29, 1.82) is 0 Å². The zero-order valence-corrected chi connectivity index (χ0v) is 19.4. The van der Waals surface area contributed by atoms with E-state index in [-0.39, 0.29) is 11.4 Å². The average Bonchev–Trinajstić information content (AvgIpc) is 2.75. The number of carbonyl (C=O) groups is 1. The van der Waals surface area contributed by atoms with Crippen LogP contribution >= 0.6 is 11.6 Å². The molecular weight excluding hydrogens is 410 g/mol. The highest BCUT2D eigenvalue weighted by Gasteiger charge is 2.54. The zero-order valence-electron chi connectivity index (χ0n) is 18.6. The van der Waals surface area contributed by atoms with Crippen LogP contribution in [-0.2, 0) is 0 Å². The summed E-state index contributed by atoms with van der Waals surface area (Å²) in [6.45, 7) is 9.64. The second kappa shape index (κ2) is 9.09. The van der Waals surface area contributed by atoms with E-state index >= 15 is 0 Å². The summed E-state index contributed by atoms with van der Waals surface area (Å²) in [6, 6.07) is 16.7. The highest BCUT2D eigenvalue weighted by molar-refractivity contribution is 6.30. The van der Waals surface area contributed by atoms with Crippen LogP contribution < -0.4 is 10.1 Å². The first kappa shape index (κ1) is 22.0. The number of hydrogen-bond donors (Lipinski definition) is 1. The normalized spacial score (nSPS) is 20.5. The molecule has 0 aromatic heterocycles. The molecule has 2 amide bonds. The van der Waals surface area contributed by atoms with Crippen LogP contribution in [0.15, 0.2) is 48.5 Å². The number of anilines is 1. The molecule has 2 fully saturated rings. The van der Waals surface area contributed by atoms with E-state index in [1.165, 1.54) is 5.56 Å². The lowest BCUT2D eigenvalue weighted by Crippen LogP contribution is -2.64. The Balaban J connectivity index is 1.43. The van der Waals surface area contributed by atoms with E-state index in [9.17, 15) is 4.79 Å². The summed E-state index contributed by atoms with van der Waals surface area (Å²) >= 11 is 6.13. The Morgan fingerprint density at radius 2 is 1.84 bits per heavy atom. The molecule has 2 aromatic carbocycles. The van der Waals surface area contributed by atoms with Gasteiger partial charge >= 0.3 is 6.03 Å². The molecule has 1 atom stereocenters. The van der Waals surface area contributed by atoms with E-state index in [0.717, 1.165) is 43.2 Å². The minimum Gasteiger partial charge on any atom is -0.492 e. The van der Waals surface area contributed by atoms with Gasteiger partial charge in [0.25, 0.3) is 0 Å². The van der Waals surface area contributed by atoms with Gasteiger partial charge in [-0.2, -0.15) is 0 Å². The van der Waals surface area contributed by atoms with Gasteiger partial charge in [-0.15, -0.1) is 0 Å². The minimum absolute atomic E-state index is 0.0508. The molecule has 2 aromatic rings. The third-order valence-electron chi connectivity index (χ3n) is 6.73. The lowest BCUT2D eigenvalue weighted by molar-refractivity contribution is -0.123. The first-order valence-corrected chi connectivity index (χ1v) is 11.6. The predicted molar refractivity (Wildman–Crippen MR) is 126 cm³/mol. The quantitative estimate of drug-likeness (QED) is 0.635. The van der Waals surface area contributed by atoms with E-state index < -0.39 is 0 Å². The van der Waals surface area contributed by atoms with E-state index in [4.69, 9.17) is 16.3 Å². The van der Waals surface area contributed by atoms with Gasteiger partial charge < -0.3 is 15.0 Å². The van der Waals surface area contributed by atoms with Crippen LogP contribution in [0.25, 0.3) is 0 Å². The third kappa shape index (κ3) is 4.39. The highest BCUT2D eigenvalue weighted by Crippen LogP contribution is 2.55. The monoisotopic (exact) mass is 441 g/mol. The van der Waals surface area contributed by atoms with Gasteiger partial charge in [-0.1, -0.05) is 35.9 Å². The summed E-state index contributed by atoms with van der Waals surface area (Å²) in [6.07, 6.45) is 2.01. The number of nitrogens with zero attached hydrogens (tertiary/aromatic N) is 2. The van der Waals surface area contributed by atoms with Crippen LogP contribution in [0.5, 0.6) is 5.75 Å². The van der Waals surface area contributed by atoms with Crippen LogP contribution in [-0.4, -0.2) is 48.1 Å². The third-order valence-corrected chi connectivity index (χ3v) is 6.99. The molecule has 0 radical (unpaired) electrons. The number of ether oxygens (including phenoxy) is 1. The molecule has 0 aliphatic carbocycles. The van der Waals surface area contributed by atoms with Gasteiger partial charge in [0.05, 0.1) is 12.3 Å². The zero-order chi connectivity index (χ0) is 22.0. The predicted octanol–water partition coefficient (Wildman–Crippen LogP) is 5.82. The van der Waals surface area contributed by atoms with E-state index in [2.05, 4.69) is 36.2 Å². The van der Waals surface area contributed by atoms with Gasteiger partial charge in [-0.3, -0.25) is 4.90 Å². The molecule has 0 saturated carbocycles. The Morgan fingerprint density at radius 3 is 2.48 bits per heavy atom. The summed E-state index contributed by atoms with van der Waals surface area (Å²) in [7, 11) is 0. The fourth-order valence-electron chi connectivity index (χ4n) is 5.08. The number of piperidine rings is 1. The smallest absolute Gasteiger partial charge is 0.321 e. The number of carbonyl (C=O) groups excluding carboxylic acids is 1. The molecule has 2 aliphatic heterocycles. The summed E-state index contributed by atoms with van der Waals surface area (Å²) in [4.78, 5) is 17.4. The van der Waals surface area contributed by atoms with Crippen molar-refractivity contribution in [3.63, 3.8) is 0 Å². The molecule has 1 N–H and O–H groups in total. The number of rotatable bonds is 5. The van der Waals surface area contributed by atoms with Crippen LogP contribution in [0.2, 0.25) is 5.02 Å². The molecule has 2 heterocycles. The Bertz CT molecular complexity index is 907. The van der Waals surface area contributed by atoms with Crippen LogP contribution in [0.4, 0.5) is 10.5 Å². The first-order valence-electron chi connectivity index (χ1n) is 11.2. The van der Waals surface area contributed by atoms with Gasteiger partial charge in [-0.25, -0.2) is 4.79 Å². The van der Waals surface area contributed by atoms with Crippen molar-refractivity contribution in [2.45, 2.75) is 45.7 Å². The van der Waals surface area contributed by atoms with Crippen molar-refractivity contribution >= 4 is 23.3 Å². The lowest BCUT2D eigenvalue weighted by Gasteiger charge is -2.62. The molecule has 1 unspecified atom stereocenters. The Kier molecular flexibility index (Phi) is 6.44. The molecule has 2 aliphatic rings. The number of halogens is 1. The summed E-state index contributed by atoms with van der Waals surface area (Å²) in [5.41, 5.74) is 2.27. The van der Waals surface area contributed by atoms with Crippen molar-refractivity contribution in [2.75, 3.05) is 31.6 Å². The van der Waals surface area contributed by atoms with Crippen molar-refractivity contribution in [1.82, 2.24) is 9.80 Å². The standard InChI is InChI=1S/C25H32ClN3O2/c1-4-31-22-8-6-5-7-21(22)27-24(30)28-15-13-25(14-16-28)17-29(18(2)3)23(25)19-9-11-20(26)12-10-19/h5-12,18,23H,4,13-17H2,1-3H3,(H,27,30). The number of amides is 2. The Labute approximate surface area is 190 Å². The molecule has 6 heteroatoms. The number of para-hydroxylation sites is 2. The van der Waals surface area contributed by atoms with Crippen molar-refractivity contribution in [2.24, 2.45) is 5.41 Å². The van der Waals surface area contributed by atoms with Gasteiger partial charge in [-0.05, 0) is 63.4 Å². The molecule has 31 heavy (non-hydrogen) atoms. The second-order valence-corrected chi connectivity index (χ2v) is 9.37. The Hall–Kier alpha value is -2.24. The highest BCUT2D eigenvalue weighted by atomic mass is 35.5. The molecule has 166 valence electrons.